The number of para-hydroxylation sites is 3. The largest absolute Gasteiger partial charge is 0.292 e. The van der Waals surface area contributed by atoms with E-state index in [9.17, 15) is 0 Å². The maximum absolute atomic E-state index is 5.26. The van der Waals surface area contributed by atoms with E-state index >= 15 is 0 Å². The molecule has 10 rings (SSSR count). The second-order valence-electron chi connectivity index (χ2n) is 12.9. The van der Waals surface area contributed by atoms with Crippen molar-refractivity contribution in [3.63, 3.8) is 0 Å². The van der Waals surface area contributed by atoms with Gasteiger partial charge in [-0.2, -0.15) is 0 Å². The van der Waals surface area contributed by atoms with E-state index in [-0.39, 0.29) is 0 Å². The number of hydrogen-bond acceptors (Lipinski definition) is 3. The van der Waals surface area contributed by atoms with Crippen molar-refractivity contribution in [1.82, 2.24) is 19.5 Å². The van der Waals surface area contributed by atoms with Gasteiger partial charge in [0.15, 0.2) is 0 Å². The predicted molar refractivity (Wildman–Crippen MR) is 211 cm³/mol. The van der Waals surface area contributed by atoms with E-state index < -0.39 is 0 Å². The molecule has 0 amide bonds. The number of aromatic nitrogens is 4. The standard InChI is InChI=1S/C47H30N4/c1-2-13-40(14-3-1)51-44-16-7-6-15-43(44)50-47(51)39-12-8-11-38(30-39)42-28-26-35-23-22-34-25-27-41(48-45(34)46(35)49-42)33-20-17-32(18-21-33)37-24-19-31-9-4-5-10-36(31)29-37/h1-30H. The Morgan fingerprint density at radius 1 is 0.333 bits per heavy atom. The molecule has 238 valence electrons. The molecule has 0 unspecified atom stereocenters. The molecular formula is C47H30N4. The molecule has 0 atom stereocenters. The molecule has 0 N–H and O–H groups in total. The average Bonchev–Trinajstić information content (AvgIpc) is 3.60. The fourth-order valence-corrected chi connectivity index (χ4v) is 7.17. The normalized spacial score (nSPS) is 11.5. The van der Waals surface area contributed by atoms with Crippen LogP contribution >= 0.6 is 0 Å². The van der Waals surface area contributed by atoms with E-state index in [0.717, 1.165) is 72.4 Å². The van der Waals surface area contributed by atoms with Gasteiger partial charge in [-0.25, -0.2) is 15.0 Å². The topological polar surface area (TPSA) is 43.6 Å². The first kappa shape index (κ1) is 29.0. The van der Waals surface area contributed by atoms with E-state index in [4.69, 9.17) is 15.0 Å². The van der Waals surface area contributed by atoms with Crippen molar-refractivity contribution in [3.05, 3.63) is 182 Å². The fourth-order valence-electron chi connectivity index (χ4n) is 7.17. The molecule has 0 saturated carbocycles. The summed E-state index contributed by atoms with van der Waals surface area (Å²) in [6, 6.07) is 63.8. The van der Waals surface area contributed by atoms with Gasteiger partial charge in [0.2, 0.25) is 0 Å². The molecule has 3 aromatic heterocycles. The zero-order chi connectivity index (χ0) is 33.7. The van der Waals surface area contributed by atoms with Gasteiger partial charge in [-0.3, -0.25) is 4.57 Å². The van der Waals surface area contributed by atoms with E-state index in [0.29, 0.717) is 0 Å². The van der Waals surface area contributed by atoms with Gasteiger partial charge in [0.05, 0.1) is 33.5 Å². The van der Waals surface area contributed by atoms with Crippen LogP contribution in [0.3, 0.4) is 0 Å². The Morgan fingerprint density at radius 2 is 0.922 bits per heavy atom. The number of benzene rings is 7. The van der Waals surface area contributed by atoms with E-state index in [1.807, 2.05) is 12.1 Å². The molecule has 4 nitrogen and oxygen atoms in total. The average molecular weight is 651 g/mol. The third kappa shape index (κ3) is 5.13. The van der Waals surface area contributed by atoms with Gasteiger partial charge >= 0.3 is 0 Å². The number of imidazole rings is 1. The Labute approximate surface area is 295 Å². The highest BCUT2D eigenvalue weighted by atomic mass is 15.1. The van der Waals surface area contributed by atoms with Gasteiger partial charge in [-0.1, -0.05) is 133 Å². The van der Waals surface area contributed by atoms with Crippen molar-refractivity contribution in [1.29, 1.82) is 0 Å². The molecule has 0 fully saturated rings. The van der Waals surface area contributed by atoms with Crippen LogP contribution in [0.25, 0.3) is 94.3 Å². The molecule has 0 radical (unpaired) electrons. The zero-order valence-corrected chi connectivity index (χ0v) is 27.6. The van der Waals surface area contributed by atoms with E-state index in [1.165, 1.54) is 21.9 Å². The first-order valence-corrected chi connectivity index (χ1v) is 17.2. The van der Waals surface area contributed by atoms with Gasteiger partial charge in [0, 0.05) is 33.2 Å². The highest BCUT2D eigenvalue weighted by molar-refractivity contribution is 6.04. The van der Waals surface area contributed by atoms with Crippen LogP contribution in [0.1, 0.15) is 0 Å². The lowest BCUT2D eigenvalue weighted by Gasteiger charge is -2.11. The summed E-state index contributed by atoms with van der Waals surface area (Å²) >= 11 is 0. The maximum Gasteiger partial charge on any atom is 0.145 e. The molecule has 0 aliphatic carbocycles. The van der Waals surface area contributed by atoms with Crippen molar-refractivity contribution in [3.8, 4) is 50.7 Å². The van der Waals surface area contributed by atoms with E-state index in [2.05, 4.69) is 174 Å². The van der Waals surface area contributed by atoms with Crippen LogP contribution in [0.4, 0.5) is 0 Å². The third-order valence-electron chi connectivity index (χ3n) is 9.77. The smallest absolute Gasteiger partial charge is 0.145 e. The molecule has 3 heterocycles. The van der Waals surface area contributed by atoms with Gasteiger partial charge in [-0.05, 0) is 70.4 Å². The van der Waals surface area contributed by atoms with Gasteiger partial charge < -0.3 is 0 Å². The fraction of sp³-hybridized carbons (Fsp3) is 0. The van der Waals surface area contributed by atoms with Gasteiger partial charge in [0.1, 0.15) is 5.82 Å². The van der Waals surface area contributed by atoms with Crippen molar-refractivity contribution < 1.29 is 0 Å². The van der Waals surface area contributed by atoms with E-state index in [1.54, 1.807) is 0 Å². The molecular weight excluding hydrogens is 621 g/mol. The van der Waals surface area contributed by atoms with Gasteiger partial charge in [-0.15, -0.1) is 0 Å². The lowest BCUT2D eigenvalue weighted by atomic mass is 9.99. The monoisotopic (exact) mass is 650 g/mol. The molecule has 0 saturated heterocycles. The number of nitrogens with zero attached hydrogens (tertiary/aromatic N) is 4. The van der Waals surface area contributed by atoms with Crippen molar-refractivity contribution in [2.45, 2.75) is 0 Å². The minimum absolute atomic E-state index is 0.890. The molecule has 4 heteroatoms. The number of fused-ring (bicyclic) bond motifs is 5. The lowest BCUT2D eigenvalue weighted by molar-refractivity contribution is 1.10. The first-order valence-electron chi connectivity index (χ1n) is 17.2. The second-order valence-corrected chi connectivity index (χ2v) is 12.9. The third-order valence-corrected chi connectivity index (χ3v) is 9.77. The molecule has 0 aliphatic rings. The quantitative estimate of drug-likeness (QED) is 0.174. The molecule has 7 aromatic carbocycles. The highest BCUT2D eigenvalue weighted by Crippen LogP contribution is 2.33. The van der Waals surface area contributed by atoms with Crippen LogP contribution in [0.15, 0.2) is 182 Å². The maximum atomic E-state index is 5.26. The summed E-state index contributed by atoms with van der Waals surface area (Å²) in [5, 5.41) is 4.62. The van der Waals surface area contributed by atoms with Gasteiger partial charge in [0.25, 0.3) is 0 Å². The summed E-state index contributed by atoms with van der Waals surface area (Å²) in [7, 11) is 0. The van der Waals surface area contributed by atoms with Crippen LogP contribution < -0.4 is 0 Å². The van der Waals surface area contributed by atoms with Crippen LogP contribution in [0.2, 0.25) is 0 Å². The Hall–Kier alpha value is -6.91. The summed E-state index contributed by atoms with van der Waals surface area (Å²) in [5.41, 5.74) is 12.2. The Balaban J connectivity index is 1.04. The van der Waals surface area contributed by atoms with Crippen LogP contribution in [0.5, 0.6) is 0 Å². The van der Waals surface area contributed by atoms with Crippen LogP contribution in [-0.2, 0) is 0 Å². The molecule has 0 aliphatic heterocycles. The first-order chi connectivity index (χ1) is 25.2. The molecule has 51 heavy (non-hydrogen) atoms. The van der Waals surface area contributed by atoms with Crippen LogP contribution in [0, 0.1) is 0 Å². The van der Waals surface area contributed by atoms with Crippen molar-refractivity contribution in [2.24, 2.45) is 0 Å². The molecule has 0 bridgehead atoms. The summed E-state index contributed by atoms with van der Waals surface area (Å²) in [5.74, 6) is 0.897. The Bertz CT molecular complexity index is 2910. The lowest BCUT2D eigenvalue weighted by Crippen LogP contribution is -1.97. The number of pyridine rings is 2. The molecule has 10 aromatic rings. The highest BCUT2D eigenvalue weighted by Gasteiger charge is 2.16. The predicted octanol–water partition coefficient (Wildman–Crippen LogP) is 11.9. The Kier molecular flexibility index (Phi) is 6.78. The SMILES string of the molecule is c1ccc(-n2c(-c3cccc(-c4ccc5ccc6ccc(-c7ccc(-c8ccc9ccccc9c8)cc7)nc6c5n4)c3)nc3ccccc32)cc1. The summed E-state index contributed by atoms with van der Waals surface area (Å²) in [6.45, 7) is 0. The summed E-state index contributed by atoms with van der Waals surface area (Å²) in [6.07, 6.45) is 0. The minimum Gasteiger partial charge on any atom is -0.292 e. The summed E-state index contributed by atoms with van der Waals surface area (Å²) in [4.78, 5) is 15.6. The molecule has 0 spiro atoms. The van der Waals surface area contributed by atoms with Crippen LogP contribution in [-0.4, -0.2) is 19.5 Å². The van der Waals surface area contributed by atoms with Crippen molar-refractivity contribution in [2.75, 3.05) is 0 Å². The van der Waals surface area contributed by atoms with Crippen molar-refractivity contribution >= 4 is 43.6 Å². The second kappa shape index (κ2) is 11.9. The summed E-state index contributed by atoms with van der Waals surface area (Å²) < 4.78 is 2.23. The minimum atomic E-state index is 0.890. The number of rotatable bonds is 5. The zero-order valence-electron chi connectivity index (χ0n) is 27.6. The Morgan fingerprint density at radius 3 is 1.71 bits per heavy atom. The number of hydrogen-bond donors (Lipinski definition) is 0.